The van der Waals surface area contributed by atoms with Gasteiger partial charge in [-0.3, -0.25) is 4.90 Å². The lowest BCUT2D eigenvalue weighted by Gasteiger charge is -2.28. The molecule has 1 N–H and O–H groups in total. The van der Waals surface area contributed by atoms with Gasteiger partial charge in [-0.25, -0.2) is 4.98 Å². The first-order valence-corrected chi connectivity index (χ1v) is 8.60. The standard InChI is InChI=1S/C15H23N3S/c1-2-16-15(8-9-18(10-15)11-6-7-11)14-17-12-4-3-5-13(12)19-14/h11,16H,2-10H2,1H3. The first kappa shape index (κ1) is 12.3. The lowest BCUT2D eigenvalue weighted by Crippen LogP contribution is -2.45. The van der Waals surface area contributed by atoms with Gasteiger partial charge in [0.2, 0.25) is 0 Å². The van der Waals surface area contributed by atoms with Crippen molar-refractivity contribution < 1.29 is 0 Å². The number of fused-ring (bicyclic) bond motifs is 1. The van der Waals surface area contributed by atoms with Crippen molar-refractivity contribution in [2.45, 2.75) is 57.0 Å². The molecule has 0 amide bonds. The van der Waals surface area contributed by atoms with Gasteiger partial charge in [-0.05, 0) is 45.1 Å². The summed E-state index contributed by atoms with van der Waals surface area (Å²) in [6.45, 7) is 5.70. The maximum atomic E-state index is 5.01. The minimum absolute atomic E-state index is 0.159. The minimum Gasteiger partial charge on any atom is -0.305 e. The third kappa shape index (κ3) is 2.05. The first-order valence-electron chi connectivity index (χ1n) is 7.79. The largest absolute Gasteiger partial charge is 0.305 e. The molecule has 1 atom stereocenters. The van der Waals surface area contributed by atoms with Crippen LogP contribution in [0.3, 0.4) is 0 Å². The van der Waals surface area contributed by atoms with Crippen LogP contribution < -0.4 is 5.32 Å². The van der Waals surface area contributed by atoms with E-state index in [0.717, 1.165) is 12.6 Å². The van der Waals surface area contributed by atoms with E-state index >= 15 is 0 Å². The van der Waals surface area contributed by atoms with Crippen LogP contribution in [-0.2, 0) is 18.4 Å². The van der Waals surface area contributed by atoms with E-state index in [0.29, 0.717) is 0 Å². The number of rotatable bonds is 4. The van der Waals surface area contributed by atoms with E-state index < -0.39 is 0 Å². The van der Waals surface area contributed by atoms with Crippen LogP contribution in [0.15, 0.2) is 0 Å². The van der Waals surface area contributed by atoms with E-state index in [1.165, 1.54) is 62.3 Å². The highest BCUT2D eigenvalue weighted by atomic mass is 32.1. The number of likely N-dealkylation sites (N-methyl/N-ethyl adjacent to an activating group) is 1. The van der Waals surface area contributed by atoms with Crippen molar-refractivity contribution >= 4 is 11.3 Å². The Labute approximate surface area is 119 Å². The molecule has 1 unspecified atom stereocenters. The molecule has 1 aromatic heterocycles. The summed E-state index contributed by atoms with van der Waals surface area (Å²) in [5.74, 6) is 0. The SMILES string of the molecule is CCNC1(c2nc3c(s2)CCC3)CCN(C2CC2)C1. The van der Waals surface area contributed by atoms with Crippen LogP contribution in [-0.4, -0.2) is 35.6 Å². The highest BCUT2D eigenvalue weighted by molar-refractivity contribution is 7.12. The Hall–Kier alpha value is -0.450. The average Bonchev–Trinajstić information content (AvgIpc) is 2.84. The number of likely N-dealkylation sites (tertiary alicyclic amines) is 1. The summed E-state index contributed by atoms with van der Waals surface area (Å²) in [6, 6.07) is 0.882. The molecule has 4 rings (SSSR count). The molecule has 2 fully saturated rings. The Morgan fingerprint density at radius 1 is 1.42 bits per heavy atom. The number of nitrogens with one attached hydrogen (secondary N) is 1. The van der Waals surface area contributed by atoms with Gasteiger partial charge in [-0.1, -0.05) is 6.92 Å². The molecule has 1 aromatic rings. The number of aromatic nitrogens is 1. The second-order valence-corrected chi connectivity index (χ2v) is 7.39. The molecule has 3 nitrogen and oxygen atoms in total. The van der Waals surface area contributed by atoms with Crippen LogP contribution in [0.5, 0.6) is 0 Å². The Kier molecular flexibility index (Phi) is 2.94. The van der Waals surface area contributed by atoms with Crippen LogP contribution in [0, 0.1) is 0 Å². The maximum absolute atomic E-state index is 5.01. The van der Waals surface area contributed by atoms with Gasteiger partial charge in [0, 0.05) is 24.0 Å². The highest BCUT2D eigenvalue weighted by Crippen LogP contribution is 2.41. The van der Waals surface area contributed by atoms with Gasteiger partial charge >= 0.3 is 0 Å². The molecular weight excluding hydrogens is 254 g/mol. The van der Waals surface area contributed by atoms with E-state index in [4.69, 9.17) is 4.98 Å². The molecule has 0 bridgehead atoms. The van der Waals surface area contributed by atoms with Gasteiger partial charge < -0.3 is 5.32 Å². The van der Waals surface area contributed by atoms with Gasteiger partial charge in [0.25, 0.3) is 0 Å². The number of nitrogens with zero attached hydrogens (tertiary/aromatic N) is 2. The predicted octanol–water partition coefficient (Wildman–Crippen LogP) is 2.30. The Morgan fingerprint density at radius 2 is 2.32 bits per heavy atom. The summed E-state index contributed by atoms with van der Waals surface area (Å²) in [4.78, 5) is 9.26. The van der Waals surface area contributed by atoms with Crippen molar-refractivity contribution in [3.63, 3.8) is 0 Å². The van der Waals surface area contributed by atoms with Crippen molar-refractivity contribution in [2.24, 2.45) is 0 Å². The third-order valence-corrected chi connectivity index (χ3v) is 6.24. The summed E-state index contributed by atoms with van der Waals surface area (Å²) in [6.07, 6.45) is 7.86. The summed E-state index contributed by atoms with van der Waals surface area (Å²) in [5, 5.41) is 5.16. The quantitative estimate of drug-likeness (QED) is 0.915. The fourth-order valence-corrected chi connectivity index (χ4v) is 5.05. The zero-order valence-electron chi connectivity index (χ0n) is 11.7. The molecule has 0 spiro atoms. The molecule has 1 aliphatic heterocycles. The van der Waals surface area contributed by atoms with Gasteiger partial charge in [-0.2, -0.15) is 0 Å². The van der Waals surface area contributed by atoms with Crippen molar-refractivity contribution in [2.75, 3.05) is 19.6 Å². The van der Waals surface area contributed by atoms with Gasteiger partial charge in [-0.15, -0.1) is 11.3 Å². The molecule has 2 heterocycles. The van der Waals surface area contributed by atoms with Crippen molar-refractivity contribution in [1.82, 2.24) is 15.2 Å². The van der Waals surface area contributed by atoms with Crippen LogP contribution in [0.2, 0.25) is 0 Å². The van der Waals surface area contributed by atoms with E-state index in [1.807, 2.05) is 11.3 Å². The van der Waals surface area contributed by atoms with Crippen molar-refractivity contribution in [3.8, 4) is 0 Å². The second-order valence-electron chi connectivity index (χ2n) is 6.31. The van der Waals surface area contributed by atoms with E-state index in [1.54, 1.807) is 4.88 Å². The predicted molar refractivity (Wildman–Crippen MR) is 78.7 cm³/mol. The molecule has 1 saturated carbocycles. The first-order chi connectivity index (χ1) is 9.31. The van der Waals surface area contributed by atoms with Gasteiger partial charge in [0.1, 0.15) is 5.01 Å². The number of aryl methyl sites for hydroxylation is 2. The van der Waals surface area contributed by atoms with Crippen LogP contribution in [0.25, 0.3) is 0 Å². The smallest absolute Gasteiger partial charge is 0.115 e. The molecule has 2 aliphatic carbocycles. The fraction of sp³-hybridized carbons (Fsp3) is 0.800. The normalized spacial score (nSPS) is 31.0. The zero-order valence-corrected chi connectivity index (χ0v) is 12.6. The topological polar surface area (TPSA) is 28.2 Å². The molecule has 0 radical (unpaired) electrons. The van der Waals surface area contributed by atoms with Crippen molar-refractivity contribution in [3.05, 3.63) is 15.6 Å². The molecule has 1 saturated heterocycles. The molecule has 4 heteroatoms. The van der Waals surface area contributed by atoms with Gasteiger partial charge in [0.05, 0.1) is 11.2 Å². The lowest BCUT2D eigenvalue weighted by molar-refractivity contribution is 0.276. The summed E-state index contributed by atoms with van der Waals surface area (Å²) in [7, 11) is 0. The molecule has 104 valence electrons. The second kappa shape index (κ2) is 4.54. The Morgan fingerprint density at radius 3 is 3.05 bits per heavy atom. The van der Waals surface area contributed by atoms with E-state index in [2.05, 4.69) is 17.1 Å². The van der Waals surface area contributed by atoms with E-state index in [9.17, 15) is 0 Å². The Bertz CT molecular complexity index is 458. The molecule has 0 aromatic carbocycles. The van der Waals surface area contributed by atoms with Crippen LogP contribution in [0.1, 0.15) is 48.2 Å². The molecule has 3 aliphatic rings. The summed E-state index contributed by atoms with van der Waals surface area (Å²) >= 11 is 1.99. The summed E-state index contributed by atoms with van der Waals surface area (Å²) in [5.41, 5.74) is 1.56. The van der Waals surface area contributed by atoms with E-state index in [-0.39, 0.29) is 5.54 Å². The minimum atomic E-state index is 0.159. The number of thiazole rings is 1. The Balaban J connectivity index is 1.62. The van der Waals surface area contributed by atoms with Crippen LogP contribution >= 0.6 is 11.3 Å². The molecule has 19 heavy (non-hydrogen) atoms. The summed E-state index contributed by atoms with van der Waals surface area (Å²) < 4.78 is 0. The average molecular weight is 277 g/mol. The zero-order chi connectivity index (χ0) is 12.9. The van der Waals surface area contributed by atoms with Crippen LogP contribution in [0.4, 0.5) is 0 Å². The highest BCUT2D eigenvalue weighted by Gasteiger charge is 2.46. The number of hydrogen-bond acceptors (Lipinski definition) is 4. The maximum Gasteiger partial charge on any atom is 0.115 e. The molecular formula is C15H23N3S. The monoisotopic (exact) mass is 277 g/mol. The number of hydrogen-bond donors (Lipinski definition) is 1. The third-order valence-electron chi connectivity index (χ3n) is 4.88. The van der Waals surface area contributed by atoms with Crippen molar-refractivity contribution in [1.29, 1.82) is 0 Å². The fourth-order valence-electron chi connectivity index (χ4n) is 3.72. The lowest BCUT2D eigenvalue weighted by atomic mass is 9.99. The van der Waals surface area contributed by atoms with Gasteiger partial charge in [0.15, 0.2) is 0 Å².